The number of fused-ring (bicyclic) bond motifs is 1. The van der Waals surface area contributed by atoms with Gasteiger partial charge in [-0.1, -0.05) is 72.3 Å². The van der Waals surface area contributed by atoms with Crippen molar-refractivity contribution in [3.63, 3.8) is 0 Å². The van der Waals surface area contributed by atoms with E-state index in [1.165, 1.54) is 5.56 Å². The molecule has 0 spiro atoms. The number of para-hydroxylation sites is 1. The number of carbonyl (C=O) groups excluding carboxylic acids is 1. The molecule has 1 amide bonds. The van der Waals surface area contributed by atoms with Gasteiger partial charge < -0.3 is 10.6 Å². The molecule has 1 saturated carbocycles. The Morgan fingerprint density at radius 3 is 2.43 bits per heavy atom. The fourth-order valence-corrected chi connectivity index (χ4v) is 4.90. The SMILES string of the molecule is O=C(NC1CC1)c1cccc(Nc2cccc(-c3c(Cc4ccccc4)cnc4c(Cl)cccc34)c2)c1. The third kappa shape index (κ3) is 5.20. The van der Waals surface area contributed by atoms with Gasteiger partial charge in [0.2, 0.25) is 0 Å². The van der Waals surface area contributed by atoms with Crippen molar-refractivity contribution in [2.45, 2.75) is 25.3 Å². The van der Waals surface area contributed by atoms with E-state index in [0.29, 0.717) is 16.6 Å². The molecule has 0 saturated heterocycles. The third-order valence-electron chi connectivity index (χ3n) is 6.64. The van der Waals surface area contributed by atoms with E-state index in [0.717, 1.165) is 58.2 Å². The number of pyridine rings is 1. The number of amides is 1. The summed E-state index contributed by atoms with van der Waals surface area (Å²) < 4.78 is 0. The largest absolute Gasteiger partial charge is 0.355 e. The number of nitrogens with zero attached hydrogens (tertiary/aromatic N) is 1. The van der Waals surface area contributed by atoms with Crippen molar-refractivity contribution < 1.29 is 4.79 Å². The van der Waals surface area contributed by atoms with E-state index in [1.54, 1.807) is 0 Å². The number of anilines is 2. The van der Waals surface area contributed by atoms with Crippen molar-refractivity contribution >= 4 is 39.8 Å². The summed E-state index contributed by atoms with van der Waals surface area (Å²) >= 11 is 6.54. The first kappa shape index (κ1) is 23.3. The number of hydrogen-bond donors (Lipinski definition) is 2. The fourth-order valence-electron chi connectivity index (χ4n) is 4.67. The van der Waals surface area contributed by atoms with Crippen LogP contribution in [0.25, 0.3) is 22.0 Å². The van der Waals surface area contributed by atoms with Crippen LogP contribution in [0.15, 0.2) is 103 Å². The molecule has 2 N–H and O–H groups in total. The maximum Gasteiger partial charge on any atom is 0.251 e. The highest BCUT2D eigenvalue weighted by Gasteiger charge is 2.23. The summed E-state index contributed by atoms with van der Waals surface area (Å²) in [4.78, 5) is 17.2. The van der Waals surface area contributed by atoms with Gasteiger partial charge in [0.15, 0.2) is 0 Å². The Labute approximate surface area is 221 Å². The monoisotopic (exact) mass is 503 g/mol. The predicted octanol–water partition coefficient (Wildman–Crippen LogP) is 7.78. The highest BCUT2D eigenvalue weighted by molar-refractivity contribution is 6.35. The highest BCUT2D eigenvalue weighted by atomic mass is 35.5. The second-order valence-corrected chi connectivity index (χ2v) is 9.90. The van der Waals surface area contributed by atoms with Gasteiger partial charge in [0, 0.05) is 34.6 Å². The Bertz CT molecular complexity index is 1600. The molecule has 0 unspecified atom stereocenters. The van der Waals surface area contributed by atoms with Crippen LogP contribution in [0.2, 0.25) is 5.02 Å². The summed E-state index contributed by atoms with van der Waals surface area (Å²) in [6.45, 7) is 0. The number of nitrogens with one attached hydrogen (secondary N) is 2. The summed E-state index contributed by atoms with van der Waals surface area (Å²) in [7, 11) is 0. The molecule has 1 aliphatic rings. The van der Waals surface area contributed by atoms with Gasteiger partial charge in [0.05, 0.1) is 10.5 Å². The van der Waals surface area contributed by atoms with Crippen LogP contribution in [-0.4, -0.2) is 16.9 Å². The molecule has 5 aromatic rings. The Hall–Kier alpha value is -4.15. The Morgan fingerprint density at radius 1 is 0.865 bits per heavy atom. The minimum absolute atomic E-state index is 0.0226. The van der Waals surface area contributed by atoms with E-state index in [2.05, 4.69) is 53.1 Å². The topological polar surface area (TPSA) is 54.0 Å². The summed E-state index contributed by atoms with van der Waals surface area (Å²) in [6, 6.07) is 32.7. The quantitative estimate of drug-likeness (QED) is 0.238. The van der Waals surface area contributed by atoms with E-state index in [9.17, 15) is 4.79 Å². The van der Waals surface area contributed by atoms with E-state index in [1.807, 2.05) is 60.8 Å². The van der Waals surface area contributed by atoms with Gasteiger partial charge in [0.1, 0.15) is 0 Å². The second kappa shape index (κ2) is 10.1. The first-order valence-electron chi connectivity index (χ1n) is 12.5. The van der Waals surface area contributed by atoms with Gasteiger partial charge in [-0.15, -0.1) is 0 Å². The second-order valence-electron chi connectivity index (χ2n) is 9.49. The molecule has 4 nitrogen and oxygen atoms in total. The molecule has 1 heterocycles. The zero-order valence-corrected chi connectivity index (χ0v) is 21.0. The number of aromatic nitrogens is 1. The van der Waals surface area contributed by atoms with Crippen molar-refractivity contribution in [1.29, 1.82) is 0 Å². The summed E-state index contributed by atoms with van der Waals surface area (Å²) in [5.74, 6) is -0.0226. The minimum atomic E-state index is -0.0226. The van der Waals surface area contributed by atoms with Crippen LogP contribution < -0.4 is 10.6 Å². The zero-order chi connectivity index (χ0) is 25.2. The van der Waals surface area contributed by atoms with Gasteiger partial charge in [-0.05, 0) is 77.9 Å². The average Bonchev–Trinajstić information content (AvgIpc) is 3.74. The molecular weight excluding hydrogens is 478 g/mol. The van der Waals surface area contributed by atoms with E-state index in [-0.39, 0.29) is 5.91 Å². The number of halogens is 1. The van der Waals surface area contributed by atoms with Gasteiger partial charge >= 0.3 is 0 Å². The normalized spacial score (nSPS) is 12.9. The maximum absolute atomic E-state index is 12.5. The molecule has 37 heavy (non-hydrogen) atoms. The summed E-state index contributed by atoms with van der Waals surface area (Å²) in [5.41, 5.74) is 7.82. The smallest absolute Gasteiger partial charge is 0.251 e. The Kier molecular flexibility index (Phi) is 6.33. The van der Waals surface area contributed by atoms with Crippen LogP contribution in [0.1, 0.15) is 34.3 Å². The van der Waals surface area contributed by atoms with Crippen molar-refractivity contribution in [2.24, 2.45) is 0 Å². The minimum Gasteiger partial charge on any atom is -0.355 e. The van der Waals surface area contributed by atoms with Crippen molar-refractivity contribution in [1.82, 2.24) is 10.3 Å². The van der Waals surface area contributed by atoms with E-state index in [4.69, 9.17) is 16.6 Å². The number of benzene rings is 4. The van der Waals surface area contributed by atoms with Crippen LogP contribution in [0.3, 0.4) is 0 Å². The fraction of sp³-hybridized carbons (Fsp3) is 0.125. The Morgan fingerprint density at radius 2 is 1.62 bits per heavy atom. The first-order chi connectivity index (χ1) is 18.1. The van der Waals surface area contributed by atoms with Crippen LogP contribution in [0.5, 0.6) is 0 Å². The predicted molar refractivity (Wildman–Crippen MR) is 152 cm³/mol. The lowest BCUT2D eigenvalue weighted by Gasteiger charge is -2.16. The molecule has 6 rings (SSSR count). The molecule has 182 valence electrons. The van der Waals surface area contributed by atoms with Gasteiger partial charge in [-0.25, -0.2) is 0 Å². The molecule has 1 aliphatic carbocycles. The molecule has 5 heteroatoms. The Balaban J connectivity index is 1.37. The van der Waals surface area contributed by atoms with Gasteiger partial charge in [-0.3, -0.25) is 9.78 Å². The zero-order valence-electron chi connectivity index (χ0n) is 20.2. The van der Waals surface area contributed by atoms with Crippen LogP contribution in [0, 0.1) is 0 Å². The molecule has 0 atom stereocenters. The maximum atomic E-state index is 12.5. The molecule has 0 aliphatic heterocycles. The highest BCUT2D eigenvalue weighted by Crippen LogP contribution is 2.36. The lowest BCUT2D eigenvalue weighted by Crippen LogP contribution is -2.25. The molecular formula is C32H26ClN3O. The van der Waals surface area contributed by atoms with Crippen molar-refractivity contribution in [3.8, 4) is 11.1 Å². The van der Waals surface area contributed by atoms with Gasteiger partial charge in [0.25, 0.3) is 5.91 Å². The third-order valence-corrected chi connectivity index (χ3v) is 6.95. The summed E-state index contributed by atoms with van der Waals surface area (Å²) in [5, 5.41) is 8.21. The number of carbonyl (C=O) groups is 1. The van der Waals surface area contributed by atoms with Crippen LogP contribution in [-0.2, 0) is 6.42 Å². The lowest BCUT2D eigenvalue weighted by molar-refractivity contribution is 0.0951. The molecule has 0 bridgehead atoms. The first-order valence-corrected chi connectivity index (χ1v) is 12.9. The van der Waals surface area contributed by atoms with Crippen molar-refractivity contribution in [3.05, 3.63) is 125 Å². The molecule has 1 fully saturated rings. The molecule has 4 aromatic carbocycles. The molecule has 1 aromatic heterocycles. The van der Waals surface area contributed by atoms with Crippen LogP contribution >= 0.6 is 11.6 Å². The average molecular weight is 504 g/mol. The van der Waals surface area contributed by atoms with E-state index >= 15 is 0 Å². The summed E-state index contributed by atoms with van der Waals surface area (Å²) in [6.07, 6.45) is 4.84. The number of hydrogen-bond acceptors (Lipinski definition) is 3. The lowest BCUT2D eigenvalue weighted by atomic mass is 9.92. The van der Waals surface area contributed by atoms with Gasteiger partial charge in [-0.2, -0.15) is 0 Å². The standard InChI is InChI=1S/C32H26ClN3O/c33-29-14-6-13-28-30(24(20-34-31(28)29)17-21-7-2-1-3-8-21)22-9-4-11-26(18-22)35-27-12-5-10-23(19-27)32(37)36-25-15-16-25/h1-14,18-20,25,35H,15-17H2,(H,36,37). The van der Waals surface area contributed by atoms with Crippen molar-refractivity contribution in [2.75, 3.05) is 5.32 Å². The molecule has 0 radical (unpaired) electrons. The number of rotatable bonds is 7. The van der Waals surface area contributed by atoms with Crippen LogP contribution in [0.4, 0.5) is 11.4 Å². The van der Waals surface area contributed by atoms with E-state index < -0.39 is 0 Å².